The van der Waals surface area contributed by atoms with Crippen LogP contribution in [0.4, 0.5) is 0 Å². The second-order valence-corrected chi connectivity index (χ2v) is 6.39. The van der Waals surface area contributed by atoms with E-state index in [0.717, 1.165) is 24.3 Å². The van der Waals surface area contributed by atoms with E-state index in [1.165, 1.54) is 22.3 Å². The summed E-state index contributed by atoms with van der Waals surface area (Å²) in [7, 11) is 0. The van der Waals surface area contributed by atoms with Gasteiger partial charge in [0, 0.05) is 0 Å². The minimum absolute atomic E-state index is 0.300. The zero-order chi connectivity index (χ0) is 14.7. The van der Waals surface area contributed by atoms with Crippen molar-refractivity contribution in [1.29, 1.82) is 0 Å². The number of aromatic hydroxyl groups is 2. The first-order valence-electron chi connectivity index (χ1n) is 7.12. The SMILES string of the molecule is Oc1ccc(C2=C(c3ccc(O)cc3)CCSCC2)cc1. The standard InChI is InChI=1S/C18H18O2S/c19-15-5-1-13(2-6-15)17-9-11-21-12-10-18(17)14-3-7-16(20)8-4-14/h1-8,19-20H,9-12H2. The average molecular weight is 298 g/mol. The number of rotatable bonds is 2. The monoisotopic (exact) mass is 298 g/mol. The summed E-state index contributed by atoms with van der Waals surface area (Å²) in [4.78, 5) is 0. The summed E-state index contributed by atoms with van der Waals surface area (Å²) in [5.41, 5.74) is 5.06. The van der Waals surface area contributed by atoms with Gasteiger partial charge in [0.15, 0.2) is 0 Å². The highest BCUT2D eigenvalue weighted by Gasteiger charge is 2.15. The van der Waals surface area contributed by atoms with E-state index in [2.05, 4.69) is 0 Å². The Morgan fingerprint density at radius 3 is 1.38 bits per heavy atom. The molecular formula is C18H18O2S. The van der Waals surface area contributed by atoms with Crippen LogP contribution in [0.25, 0.3) is 11.1 Å². The summed E-state index contributed by atoms with van der Waals surface area (Å²) in [5, 5.41) is 19.0. The van der Waals surface area contributed by atoms with Gasteiger partial charge >= 0.3 is 0 Å². The van der Waals surface area contributed by atoms with Gasteiger partial charge in [-0.25, -0.2) is 0 Å². The summed E-state index contributed by atoms with van der Waals surface area (Å²) < 4.78 is 0. The van der Waals surface area contributed by atoms with Crippen LogP contribution in [0.3, 0.4) is 0 Å². The molecule has 1 heterocycles. The van der Waals surface area contributed by atoms with Crippen molar-refractivity contribution in [3.8, 4) is 11.5 Å². The second kappa shape index (κ2) is 6.27. The number of phenolic OH excluding ortho intramolecular Hbond substituents is 2. The molecule has 2 aromatic rings. The zero-order valence-corrected chi connectivity index (χ0v) is 12.6. The molecule has 0 unspecified atom stereocenters. The third-order valence-corrected chi connectivity index (χ3v) is 4.77. The van der Waals surface area contributed by atoms with Crippen molar-refractivity contribution in [3.63, 3.8) is 0 Å². The van der Waals surface area contributed by atoms with E-state index in [1.54, 1.807) is 24.3 Å². The molecule has 21 heavy (non-hydrogen) atoms. The van der Waals surface area contributed by atoms with Gasteiger partial charge in [0.1, 0.15) is 11.5 Å². The van der Waals surface area contributed by atoms with Crippen LogP contribution in [0, 0.1) is 0 Å². The van der Waals surface area contributed by atoms with Gasteiger partial charge in [-0.15, -0.1) is 0 Å². The highest BCUT2D eigenvalue weighted by molar-refractivity contribution is 7.99. The van der Waals surface area contributed by atoms with Crippen LogP contribution in [-0.4, -0.2) is 21.7 Å². The summed E-state index contributed by atoms with van der Waals surface area (Å²) in [6.45, 7) is 0. The molecule has 0 aromatic heterocycles. The molecule has 0 spiro atoms. The van der Waals surface area contributed by atoms with Crippen LogP contribution in [0.1, 0.15) is 24.0 Å². The Morgan fingerprint density at radius 1 is 0.619 bits per heavy atom. The third kappa shape index (κ3) is 3.24. The molecule has 0 fully saturated rings. The van der Waals surface area contributed by atoms with Crippen LogP contribution in [0.5, 0.6) is 11.5 Å². The summed E-state index contributed by atoms with van der Waals surface area (Å²) >= 11 is 1.98. The number of benzene rings is 2. The van der Waals surface area contributed by atoms with E-state index in [9.17, 15) is 10.2 Å². The Balaban J connectivity index is 2.08. The lowest BCUT2D eigenvalue weighted by Gasteiger charge is -2.14. The van der Waals surface area contributed by atoms with Crippen molar-refractivity contribution in [1.82, 2.24) is 0 Å². The topological polar surface area (TPSA) is 40.5 Å². The molecule has 2 N–H and O–H groups in total. The van der Waals surface area contributed by atoms with Gasteiger partial charge in [0.25, 0.3) is 0 Å². The summed E-state index contributed by atoms with van der Waals surface area (Å²) in [6, 6.07) is 14.9. The predicted octanol–water partition coefficient (Wildman–Crippen LogP) is 4.54. The van der Waals surface area contributed by atoms with Gasteiger partial charge in [-0.05, 0) is 70.9 Å². The maximum Gasteiger partial charge on any atom is 0.115 e. The van der Waals surface area contributed by atoms with Crippen molar-refractivity contribution in [2.75, 3.05) is 11.5 Å². The largest absolute Gasteiger partial charge is 0.508 e. The third-order valence-electron chi connectivity index (χ3n) is 3.79. The summed E-state index contributed by atoms with van der Waals surface area (Å²) in [6.07, 6.45) is 2.07. The van der Waals surface area contributed by atoms with E-state index >= 15 is 0 Å². The molecule has 0 amide bonds. The normalized spacial score (nSPS) is 15.8. The number of phenols is 2. The first-order valence-corrected chi connectivity index (χ1v) is 8.28. The van der Waals surface area contributed by atoms with E-state index in [0.29, 0.717) is 11.5 Å². The van der Waals surface area contributed by atoms with Crippen molar-refractivity contribution in [2.24, 2.45) is 0 Å². The first kappa shape index (κ1) is 14.1. The molecule has 0 radical (unpaired) electrons. The maximum absolute atomic E-state index is 9.48. The minimum Gasteiger partial charge on any atom is -0.508 e. The molecular weight excluding hydrogens is 280 g/mol. The van der Waals surface area contributed by atoms with Crippen LogP contribution in [0.15, 0.2) is 48.5 Å². The van der Waals surface area contributed by atoms with Crippen molar-refractivity contribution >= 4 is 22.9 Å². The molecule has 0 saturated heterocycles. The smallest absolute Gasteiger partial charge is 0.115 e. The molecule has 1 aliphatic heterocycles. The van der Waals surface area contributed by atoms with E-state index in [4.69, 9.17) is 0 Å². The van der Waals surface area contributed by atoms with Gasteiger partial charge in [0.05, 0.1) is 0 Å². The van der Waals surface area contributed by atoms with Crippen LogP contribution >= 0.6 is 11.8 Å². The Labute approximate surface area is 129 Å². The number of thioether (sulfide) groups is 1. The van der Waals surface area contributed by atoms with Crippen LogP contribution in [-0.2, 0) is 0 Å². The fourth-order valence-electron chi connectivity index (χ4n) is 2.71. The van der Waals surface area contributed by atoms with Gasteiger partial charge in [0.2, 0.25) is 0 Å². The van der Waals surface area contributed by atoms with E-state index in [-0.39, 0.29) is 0 Å². The summed E-state index contributed by atoms with van der Waals surface area (Å²) in [5.74, 6) is 2.84. The van der Waals surface area contributed by atoms with Gasteiger partial charge < -0.3 is 10.2 Å². The van der Waals surface area contributed by atoms with Gasteiger partial charge in [-0.1, -0.05) is 24.3 Å². The second-order valence-electron chi connectivity index (χ2n) is 5.16. The van der Waals surface area contributed by atoms with Gasteiger partial charge in [-0.3, -0.25) is 0 Å². The maximum atomic E-state index is 9.48. The highest BCUT2D eigenvalue weighted by atomic mass is 32.2. The lowest BCUT2D eigenvalue weighted by atomic mass is 9.91. The molecule has 0 aliphatic carbocycles. The zero-order valence-electron chi connectivity index (χ0n) is 11.7. The van der Waals surface area contributed by atoms with Gasteiger partial charge in [-0.2, -0.15) is 11.8 Å². The molecule has 2 nitrogen and oxygen atoms in total. The molecule has 0 bridgehead atoms. The predicted molar refractivity (Wildman–Crippen MR) is 89.6 cm³/mol. The number of hydrogen-bond acceptors (Lipinski definition) is 3. The van der Waals surface area contributed by atoms with Crippen LogP contribution in [0.2, 0.25) is 0 Å². The van der Waals surface area contributed by atoms with E-state index < -0.39 is 0 Å². The molecule has 0 atom stereocenters. The Kier molecular flexibility index (Phi) is 4.20. The molecule has 3 heteroatoms. The molecule has 3 rings (SSSR count). The molecule has 0 saturated carbocycles. The van der Waals surface area contributed by atoms with E-state index in [1.807, 2.05) is 36.0 Å². The Morgan fingerprint density at radius 2 is 1.00 bits per heavy atom. The quantitative estimate of drug-likeness (QED) is 0.855. The van der Waals surface area contributed by atoms with Crippen molar-refractivity contribution in [3.05, 3.63) is 59.7 Å². The highest BCUT2D eigenvalue weighted by Crippen LogP contribution is 2.36. The lowest BCUT2D eigenvalue weighted by molar-refractivity contribution is 0.474. The number of hydrogen-bond donors (Lipinski definition) is 2. The molecule has 1 aliphatic rings. The molecule has 108 valence electrons. The van der Waals surface area contributed by atoms with Crippen LogP contribution < -0.4 is 0 Å². The Bertz CT molecular complexity index is 584. The Hall–Kier alpha value is -1.87. The fourth-order valence-corrected chi connectivity index (χ4v) is 3.62. The minimum atomic E-state index is 0.300. The first-order chi connectivity index (χ1) is 10.2. The number of allylic oxidation sites excluding steroid dienone is 2. The fraction of sp³-hybridized carbons (Fsp3) is 0.222. The van der Waals surface area contributed by atoms with Crippen molar-refractivity contribution in [2.45, 2.75) is 12.8 Å². The average Bonchev–Trinajstić information content (AvgIpc) is 2.75. The lowest BCUT2D eigenvalue weighted by Crippen LogP contribution is -1.93. The molecule has 2 aromatic carbocycles. The van der Waals surface area contributed by atoms with Crippen molar-refractivity contribution < 1.29 is 10.2 Å².